The van der Waals surface area contributed by atoms with Gasteiger partial charge in [-0.2, -0.15) is 0 Å². The first-order valence-corrected chi connectivity index (χ1v) is 19.7. The van der Waals surface area contributed by atoms with E-state index in [9.17, 15) is 28.0 Å². The highest BCUT2D eigenvalue weighted by molar-refractivity contribution is 7.99. The first-order chi connectivity index (χ1) is 27.0. The van der Waals surface area contributed by atoms with Crippen LogP contribution in [0.4, 0.5) is 14.5 Å². The maximum atomic E-state index is 13.8. The summed E-state index contributed by atoms with van der Waals surface area (Å²) in [4.78, 5) is 56.2. The van der Waals surface area contributed by atoms with Crippen LogP contribution in [0, 0.1) is 17.6 Å². The molecule has 4 aromatic carbocycles. The van der Waals surface area contributed by atoms with Crippen molar-refractivity contribution in [2.75, 3.05) is 23.9 Å². The van der Waals surface area contributed by atoms with Gasteiger partial charge in [-0.3, -0.25) is 14.4 Å². The molecule has 10 nitrogen and oxygen atoms in total. The van der Waals surface area contributed by atoms with E-state index in [4.69, 9.17) is 14.2 Å². The zero-order valence-electron chi connectivity index (χ0n) is 32.9. The number of anilines is 1. The van der Waals surface area contributed by atoms with E-state index >= 15 is 0 Å². The van der Waals surface area contributed by atoms with Crippen molar-refractivity contribution in [3.05, 3.63) is 126 Å². The Bertz CT molecular complexity index is 1980. The largest absolute Gasteiger partial charge is 0.484 e. The molecule has 0 spiro atoms. The van der Waals surface area contributed by atoms with Gasteiger partial charge in [0.05, 0.1) is 24.2 Å². The van der Waals surface area contributed by atoms with Crippen LogP contribution in [0.15, 0.2) is 108 Å². The standard InChI is InChI=1S/C44H49F2N3O7S/c1-43(2,3)55-26-36(42(53)56-44(4,5)6)47-40(51)38(28-10-8-7-9-11-28)48-37(50)27-54-33-20-12-29(13-21-33)39-35(24-25-57-34-22-16-31(46)17-23-34)41(52)49(39)32-18-14-30(45)15-19-32/h7-23,35-36,38-39H,24-27H2,1-6H3,(H,47,51)(H,48,50)/t35?,36-,38+,39?/m0/s1. The van der Waals surface area contributed by atoms with Gasteiger partial charge in [0.25, 0.3) is 5.91 Å². The van der Waals surface area contributed by atoms with Crippen LogP contribution in [-0.2, 0) is 28.7 Å². The Kier molecular flexibility index (Phi) is 14.1. The summed E-state index contributed by atoms with van der Waals surface area (Å²) < 4.78 is 44.4. The number of rotatable bonds is 16. The average molecular weight is 802 g/mol. The smallest absolute Gasteiger partial charge is 0.331 e. The molecule has 3 amide bonds. The molecule has 4 atom stereocenters. The highest BCUT2D eigenvalue weighted by atomic mass is 32.2. The number of β-lactam (4-membered cyclic amide) rings is 1. The zero-order valence-corrected chi connectivity index (χ0v) is 33.7. The van der Waals surface area contributed by atoms with Gasteiger partial charge < -0.3 is 29.7 Å². The predicted octanol–water partition coefficient (Wildman–Crippen LogP) is 7.73. The van der Waals surface area contributed by atoms with Crippen molar-refractivity contribution in [3.8, 4) is 5.75 Å². The molecule has 0 bridgehead atoms. The number of hydrogen-bond donors (Lipinski definition) is 2. The molecule has 4 aromatic rings. The third-order valence-corrected chi connectivity index (χ3v) is 9.86. The number of halogens is 2. The highest BCUT2D eigenvalue weighted by Gasteiger charge is 2.48. The van der Waals surface area contributed by atoms with Gasteiger partial charge in [-0.05, 0) is 126 Å². The third-order valence-electron chi connectivity index (χ3n) is 8.81. The Morgan fingerprint density at radius 3 is 2.00 bits per heavy atom. The monoisotopic (exact) mass is 801 g/mol. The molecule has 1 heterocycles. The van der Waals surface area contributed by atoms with Crippen molar-refractivity contribution < 1.29 is 42.2 Å². The number of amides is 3. The number of benzene rings is 4. The second kappa shape index (κ2) is 18.8. The lowest BCUT2D eigenvalue weighted by atomic mass is 9.80. The first kappa shape index (κ1) is 42.9. The number of hydrogen-bond acceptors (Lipinski definition) is 8. The van der Waals surface area contributed by atoms with E-state index in [2.05, 4.69) is 10.6 Å². The molecule has 0 saturated carbocycles. The molecule has 1 aliphatic heterocycles. The lowest BCUT2D eigenvalue weighted by Gasteiger charge is -2.47. The van der Waals surface area contributed by atoms with Crippen molar-refractivity contribution in [1.29, 1.82) is 0 Å². The van der Waals surface area contributed by atoms with E-state index < -0.39 is 53.5 Å². The second-order valence-electron chi connectivity index (χ2n) is 15.6. The molecule has 0 radical (unpaired) electrons. The van der Waals surface area contributed by atoms with Gasteiger partial charge in [0.2, 0.25) is 11.8 Å². The fraction of sp³-hybridized carbons (Fsp3) is 0.364. The van der Waals surface area contributed by atoms with Crippen LogP contribution in [0.25, 0.3) is 0 Å². The molecular weight excluding hydrogens is 753 g/mol. The zero-order chi connectivity index (χ0) is 41.3. The molecule has 302 valence electrons. The van der Waals surface area contributed by atoms with Gasteiger partial charge in [-0.1, -0.05) is 42.5 Å². The van der Waals surface area contributed by atoms with Gasteiger partial charge in [0, 0.05) is 10.6 Å². The van der Waals surface area contributed by atoms with Gasteiger partial charge >= 0.3 is 5.97 Å². The van der Waals surface area contributed by atoms with Crippen LogP contribution < -0.4 is 20.3 Å². The van der Waals surface area contributed by atoms with E-state index in [1.54, 1.807) is 92.4 Å². The van der Waals surface area contributed by atoms with Crippen molar-refractivity contribution in [3.63, 3.8) is 0 Å². The molecule has 0 aromatic heterocycles. The Labute approximate surface area is 336 Å². The maximum absolute atomic E-state index is 13.8. The minimum Gasteiger partial charge on any atom is -0.484 e. The van der Waals surface area contributed by atoms with Crippen LogP contribution in [0.5, 0.6) is 5.75 Å². The maximum Gasteiger partial charge on any atom is 0.331 e. The third kappa shape index (κ3) is 12.4. The second-order valence-corrected chi connectivity index (χ2v) is 16.8. The normalized spacial score (nSPS) is 16.6. The molecule has 1 fully saturated rings. The summed E-state index contributed by atoms with van der Waals surface area (Å²) in [5.74, 6) is -2.06. The van der Waals surface area contributed by atoms with Gasteiger partial charge in [0.15, 0.2) is 12.6 Å². The summed E-state index contributed by atoms with van der Waals surface area (Å²) in [5, 5.41) is 5.44. The molecule has 0 aliphatic carbocycles. The highest BCUT2D eigenvalue weighted by Crippen LogP contribution is 2.46. The summed E-state index contributed by atoms with van der Waals surface area (Å²) >= 11 is 1.53. The minimum absolute atomic E-state index is 0.0838. The fourth-order valence-corrected chi connectivity index (χ4v) is 7.06. The lowest BCUT2D eigenvalue weighted by Crippen LogP contribution is -2.55. The predicted molar refractivity (Wildman–Crippen MR) is 215 cm³/mol. The number of nitrogens with zero attached hydrogens (tertiary/aromatic N) is 1. The van der Waals surface area contributed by atoms with Crippen molar-refractivity contribution in [2.24, 2.45) is 5.92 Å². The summed E-state index contributed by atoms with van der Waals surface area (Å²) in [6, 6.07) is 25.0. The number of carbonyl (C=O) groups excluding carboxylic acids is 4. The Morgan fingerprint density at radius 2 is 1.40 bits per heavy atom. The van der Waals surface area contributed by atoms with Gasteiger partial charge in [-0.15, -0.1) is 11.8 Å². The van der Waals surface area contributed by atoms with Gasteiger partial charge in [0.1, 0.15) is 29.0 Å². The van der Waals surface area contributed by atoms with E-state index in [0.29, 0.717) is 29.2 Å². The van der Waals surface area contributed by atoms with Crippen molar-refractivity contribution >= 4 is 41.1 Å². The van der Waals surface area contributed by atoms with Crippen LogP contribution >= 0.6 is 11.8 Å². The van der Waals surface area contributed by atoms with Crippen LogP contribution in [-0.4, -0.2) is 59.9 Å². The molecule has 1 aliphatic rings. The summed E-state index contributed by atoms with van der Waals surface area (Å²) in [7, 11) is 0. The molecule has 13 heteroatoms. The van der Waals surface area contributed by atoms with E-state index in [1.807, 2.05) is 32.9 Å². The number of carbonyl (C=O) groups is 4. The number of thioether (sulfide) groups is 1. The van der Waals surface area contributed by atoms with Crippen molar-refractivity contribution in [1.82, 2.24) is 10.6 Å². The molecule has 2 N–H and O–H groups in total. The number of esters is 1. The molecule has 2 unspecified atom stereocenters. The SMILES string of the molecule is CC(C)(C)OC[C@H](NC(=O)[C@H](NC(=O)COc1ccc(C2C(CCSc3ccc(F)cc3)C(=O)N2c2ccc(F)cc2)cc1)c1ccccc1)C(=O)OC(C)(C)C. The fourth-order valence-electron chi connectivity index (χ4n) is 6.12. The molecule has 57 heavy (non-hydrogen) atoms. The quantitative estimate of drug-likeness (QED) is 0.0671. The van der Waals surface area contributed by atoms with Crippen LogP contribution in [0.3, 0.4) is 0 Å². The number of ether oxygens (including phenoxy) is 3. The molecular formula is C44H49F2N3O7S. The van der Waals surface area contributed by atoms with E-state index in [0.717, 1.165) is 10.5 Å². The first-order valence-electron chi connectivity index (χ1n) is 18.7. The summed E-state index contributed by atoms with van der Waals surface area (Å²) in [6.45, 7) is 10.1. The molecule has 5 rings (SSSR count). The lowest BCUT2D eigenvalue weighted by molar-refractivity contribution is -0.162. The minimum atomic E-state index is -1.17. The van der Waals surface area contributed by atoms with E-state index in [-0.39, 0.29) is 30.3 Å². The number of nitrogens with one attached hydrogen (secondary N) is 2. The Balaban J connectivity index is 1.25. The molecule has 1 saturated heterocycles. The Morgan fingerprint density at radius 1 is 0.789 bits per heavy atom. The van der Waals surface area contributed by atoms with Crippen LogP contribution in [0.1, 0.15) is 71.2 Å². The summed E-state index contributed by atoms with van der Waals surface area (Å²) in [6.07, 6.45) is 0.556. The Hall–Kier alpha value is -5.27. The topological polar surface area (TPSA) is 123 Å². The summed E-state index contributed by atoms with van der Waals surface area (Å²) in [5.41, 5.74) is 0.469. The van der Waals surface area contributed by atoms with Crippen molar-refractivity contribution in [2.45, 2.75) is 82.2 Å². The average Bonchev–Trinajstić information content (AvgIpc) is 3.16. The van der Waals surface area contributed by atoms with Gasteiger partial charge in [-0.25, -0.2) is 13.6 Å². The van der Waals surface area contributed by atoms with Crippen LogP contribution in [0.2, 0.25) is 0 Å². The van der Waals surface area contributed by atoms with E-state index in [1.165, 1.54) is 36.0 Å².